The Balaban J connectivity index is 2.23. The molecule has 2 N–H and O–H groups in total. The molecule has 0 aliphatic carbocycles. The Kier molecular flexibility index (Phi) is 8.01. The third-order valence-corrected chi connectivity index (χ3v) is 5.45. The van der Waals surface area contributed by atoms with Crippen LogP contribution in [0.25, 0.3) is 0 Å². The van der Waals surface area contributed by atoms with Gasteiger partial charge in [0.1, 0.15) is 5.75 Å². The number of nitrogens with zero attached hydrogens (tertiary/aromatic N) is 1. The maximum atomic E-state index is 13.0. The Labute approximate surface area is 177 Å². The summed E-state index contributed by atoms with van der Waals surface area (Å²) < 4.78 is 71.0. The largest absolute Gasteiger partial charge is 0.491 e. The van der Waals surface area contributed by atoms with E-state index in [9.17, 15) is 26.4 Å². The Hall–Kier alpha value is -3.10. The first-order valence-corrected chi connectivity index (χ1v) is 10.7. The number of carbonyl (C=O) groups excluding carboxylic acids is 1. The number of carbonyl (C=O) groups is 1. The lowest BCUT2D eigenvalue weighted by Gasteiger charge is -2.15. The second-order valence-corrected chi connectivity index (χ2v) is 8.11. The molecule has 0 aliphatic rings. The maximum absolute atomic E-state index is 13.0. The van der Waals surface area contributed by atoms with Crippen LogP contribution in [0.15, 0.2) is 47.4 Å². The van der Waals surface area contributed by atoms with Gasteiger partial charge in [-0.3, -0.25) is 4.79 Å². The van der Waals surface area contributed by atoms with Crippen molar-refractivity contribution in [1.82, 2.24) is 4.72 Å². The minimum atomic E-state index is -4.60. The van der Waals surface area contributed by atoms with Crippen LogP contribution in [0.5, 0.6) is 5.75 Å². The van der Waals surface area contributed by atoms with Crippen LogP contribution in [-0.2, 0) is 16.2 Å². The lowest BCUT2D eigenvalue weighted by Crippen LogP contribution is -2.24. The first-order valence-electron chi connectivity index (χ1n) is 9.20. The third-order valence-electron chi connectivity index (χ3n) is 3.97. The molecular weight excluding hydrogens is 435 g/mol. The van der Waals surface area contributed by atoms with Crippen LogP contribution in [0.1, 0.15) is 35.7 Å². The third kappa shape index (κ3) is 6.70. The molecule has 0 saturated heterocycles. The number of hydrogen-bond donors (Lipinski definition) is 2. The van der Waals surface area contributed by atoms with Gasteiger partial charge in [-0.15, -0.1) is 0 Å². The Morgan fingerprint density at radius 3 is 2.42 bits per heavy atom. The monoisotopic (exact) mass is 455 g/mol. The molecule has 0 radical (unpaired) electrons. The van der Waals surface area contributed by atoms with E-state index in [-0.39, 0.29) is 41.5 Å². The zero-order valence-corrected chi connectivity index (χ0v) is 17.3. The molecule has 11 heteroatoms. The molecule has 0 atom stereocenters. The van der Waals surface area contributed by atoms with Gasteiger partial charge in [0.05, 0.1) is 28.8 Å². The van der Waals surface area contributed by atoms with Crippen molar-refractivity contribution in [3.05, 3.63) is 53.6 Å². The number of nitriles is 1. The molecule has 2 rings (SSSR count). The van der Waals surface area contributed by atoms with Gasteiger partial charge in [0.25, 0.3) is 5.91 Å². The van der Waals surface area contributed by atoms with Crippen molar-refractivity contribution in [2.24, 2.45) is 0 Å². The van der Waals surface area contributed by atoms with E-state index >= 15 is 0 Å². The quantitative estimate of drug-likeness (QED) is 0.557. The van der Waals surface area contributed by atoms with E-state index < -0.39 is 27.7 Å². The van der Waals surface area contributed by atoms with Gasteiger partial charge >= 0.3 is 6.18 Å². The van der Waals surface area contributed by atoms with Crippen molar-refractivity contribution >= 4 is 21.6 Å². The molecule has 2 aromatic rings. The van der Waals surface area contributed by atoms with Crippen molar-refractivity contribution in [2.75, 3.05) is 18.5 Å². The van der Waals surface area contributed by atoms with Gasteiger partial charge in [-0.25, -0.2) is 13.1 Å². The predicted molar refractivity (Wildman–Crippen MR) is 107 cm³/mol. The van der Waals surface area contributed by atoms with Gasteiger partial charge in [-0.1, -0.05) is 6.92 Å². The summed E-state index contributed by atoms with van der Waals surface area (Å²) in [6.45, 7) is 2.02. The zero-order valence-electron chi connectivity index (χ0n) is 16.5. The topological polar surface area (TPSA) is 108 Å². The van der Waals surface area contributed by atoms with Gasteiger partial charge in [-0.05, 0) is 48.9 Å². The van der Waals surface area contributed by atoms with E-state index in [0.717, 1.165) is 18.2 Å². The van der Waals surface area contributed by atoms with E-state index in [4.69, 9.17) is 10.00 Å². The highest BCUT2D eigenvalue weighted by Crippen LogP contribution is 2.35. The Morgan fingerprint density at radius 2 is 1.84 bits per heavy atom. The van der Waals surface area contributed by atoms with Gasteiger partial charge < -0.3 is 10.1 Å². The Bertz CT molecular complexity index is 1060. The smallest absolute Gasteiger partial charge is 0.416 e. The summed E-state index contributed by atoms with van der Waals surface area (Å²) in [5.41, 5.74) is -1.06. The average molecular weight is 455 g/mol. The normalized spacial score (nSPS) is 11.6. The summed E-state index contributed by atoms with van der Waals surface area (Å²) in [7, 11) is -3.85. The lowest BCUT2D eigenvalue weighted by atomic mass is 10.1. The molecule has 166 valence electrons. The number of nitrogens with one attached hydrogen (secondary N) is 2. The van der Waals surface area contributed by atoms with E-state index in [1.54, 1.807) is 0 Å². The zero-order chi connectivity index (χ0) is 23.1. The summed E-state index contributed by atoms with van der Waals surface area (Å²) in [6.07, 6.45) is -3.98. The fourth-order valence-corrected chi connectivity index (χ4v) is 3.48. The summed E-state index contributed by atoms with van der Waals surface area (Å²) in [6, 6.07) is 9.41. The number of sulfonamides is 1. The molecule has 1 amide bonds. The minimum absolute atomic E-state index is 0.000849. The molecule has 0 spiro atoms. The highest BCUT2D eigenvalue weighted by molar-refractivity contribution is 7.89. The van der Waals surface area contributed by atoms with E-state index in [1.807, 2.05) is 13.0 Å². The molecule has 0 aliphatic heterocycles. The highest BCUT2D eigenvalue weighted by Gasteiger charge is 2.31. The van der Waals surface area contributed by atoms with E-state index in [1.165, 1.54) is 24.3 Å². The first-order chi connectivity index (χ1) is 14.6. The van der Waals surface area contributed by atoms with Gasteiger partial charge in [0.15, 0.2) is 0 Å². The number of halogens is 3. The number of alkyl halides is 3. The van der Waals surface area contributed by atoms with Crippen LogP contribution >= 0.6 is 0 Å². The highest BCUT2D eigenvalue weighted by atomic mass is 32.2. The summed E-state index contributed by atoms with van der Waals surface area (Å²) in [4.78, 5) is 12.4. The first kappa shape index (κ1) is 24.2. The molecule has 0 heterocycles. The second kappa shape index (κ2) is 10.3. The molecule has 0 bridgehead atoms. The fourth-order valence-electron chi connectivity index (χ4n) is 2.45. The summed E-state index contributed by atoms with van der Waals surface area (Å²) in [5, 5.41) is 10.9. The standard InChI is InChI=1S/C20H20F3N3O4S/c1-2-12-30-18-9-6-15(20(21,22)23)13-17(18)26-19(27)14-4-7-16(8-5-14)31(28,29)25-11-3-10-24/h4-9,13,25H,2-3,11-12H2,1H3,(H,26,27). The predicted octanol–water partition coefficient (Wildman–Crippen LogP) is 3.94. The molecule has 0 saturated carbocycles. The number of ether oxygens (including phenoxy) is 1. The van der Waals surface area contributed by atoms with Crippen molar-refractivity contribution in [1.29, 1.82) is 5.26 Å². The van der Waals surface area contributed by atoms with Crippen LogP contribution in [0.3, 0.4) is 0 Å². The van der Waals surface area contributed by atoms with Crippen molar-refractivity contribution in [3.8, 4) is 11.8 Å². The van der Waals surface area contributed by atoms with E-state index in [0.29, 0.717) is 6.42 Å². The van der Waals surface area contributed by atoms with Crippen LogP contribution in [0.4, 0.5) is 18.9 Å². The number of anilines is 1. The van der Waals surface area contributed by atoms with Gasteiger partial charge in [0, 0.05) is 18.5 Å². The van der Waals surface area contributed by atoms with E-state index in [2.05, 4.69) is 10.0 Å². The summed E-state index contributed by atoms with van der Waals surface area (Å²) >= 11 is 0. The molecule has 7 nitrogen and oxygen atoms in total. The fraction of sp³-hybridized carbons (Fsp3) is 0.300. The molecule has 31 heavy (non-hydrogen) atoms. The number of amides is 1. The average Bonchev–Trinajstić information content (AvgIpc) is 2.72. The van der Waals surface area contributed by atoms with Crippen molar-refractivity contribution < 1.29 is 31.1 Å². The molecule has 2 aromatic carbocycles. The van der Waals surface area contributed by atoms with Gasteiger partial charge in [-0.2, -0.15) is 18.4 Å². The second-order valence-electron chi connectivity index (χ2n) is 6.34. The lowest BCUT2D eigenvalue weighted by molar-refractivity contribution is -0.137. The molecule has 0 unspecified atom stereocenters. The van der Waals surface area contributed by atoms with Crippen LogP contribution in [-0.4, -0.2) is 27.5 Å². The maximum Gasteiger partial charge on any atom is 0.416 e. The summed E-state index contributed by atoms with van der Waals surface area (Å²) in [5.74, 6) is -0.647. The van der Waals surface area contributed by atoms with Crippen molar-refractivity contribution in [2.45, 2.75) is 30.8 Å². The van der Waals surface area contributed by atoms with Crippen molar-refractivity contribution in [3.63, 3.8) is 0 Å². The number of hydrogen-bond acceptors (Lipinski definition) is 5. The molecular formula is C20H20F3N3O4S. The minimum Gasteiger partial charge on any atom is -0.491 e. The Morgan fingerprint density at radius 1 is 1.16 bits per heavy atom. The molecule has 0 aromatic heterocycles. The van der Waals surface area contributed by atoms with Gasteiger partial charge in [0.2, 0.25) is 10.0 Å². The van der Waals surface area contributed by atoms with Crippen LogP contribution < -0.4 is 14.8 Å². The SMILES string of the molecule is CCCOc1ccc(C(F)(F)F)cc1NC(=O)c1ccc(S(=O)(=O)NCCC#N)cc1. The molecule has 0 fully saturated rings. The number of benzene rings is 2. The van der Waals surface area contributed by atoms with Crippen LogP contribution in [0.2, 0.25) is 0 Å². The van der Waals surface area contributed by atoms with Crippen LogP contribution in [0, 0.1) is 11.3 Å². The number of rotatable bonds is 9.